The van der Waals surface area contributed by atoms with Crippen molar-refractivity contribution >= 4 is 0 Å². The summed E-state index contributed by atoms with van der Waals surface area (Å²) in [6, 6.07) is 0. The zero-order valence-corrected chi connectivity index (χ0v) is 56.3. The molecule has 0 radical (unpaired) electrons. The van der Waals surface area contributed by atoms with Crippen molar-refractivity contribution in [2.45, 2.75) is 372 Å². The van der Waals surface area contributed by atoms with Gasteiger partial charge >= 0.3 is 0 Å². The van der Waals surface area contributed by atoms with E-state index in [0.29, 0.717) is 0 Å². The SMILES string of the molecule is CC.CC.CC.CC.CC.CC.CC.CC.CC.CC.CC.CC.CC.CC.CC.CC.CC.CC.CC.CC.CC(C)C(C(C)C)C(C)C.CCC(CC)C(CC)CC. The summed E-state index contributed by atoms with van der Waals surface area (Å²) in [5.41, 5.74) is 0. The highest BCUT2D eigenvalue weighted by Gasteiger charge is 2.20. The van der Waals surface area contributed by atoms with Gasteiger partial charge in [-0.25, -0.2) is 0 Å². The molecule has 0 aliphatic heterocycles. The van der Waals surface area contributed by atoms with Gasteiger partial charge in [-0.1, -0.05) is 372 Å². The smallest absolute Gasteiger partial charge is 0.0345 e. The maximum Gasteiger partial charge on any atom is -0.0345 e. The van der Waals surface area contributed by atoms with Gasteiger partial charge in [0.15, 0.2) is 0 Å². The third-order valence-corrected chi connectivity index (χ3v) is 5.07. The summed E-state index contributed by atoms with van der Waals surface area (Å²) in [4.78, 5) is 0. The summed E-state index contributed by atoms with van der Waals surface area (Å²) in [7, 11) is 0. The highest BCUT2D eigenvalue weighted by molar-refractivity contribution is 4.69. The van der Waals surface area contributed by atoms with Gasteiger partial charge in [0.25, 0.3) is 0 Å². The fraction of sp³-hybridized carbons (Fsp3) is 1.00. The van der Waals surface area contributed by atoms with E-state index in [2.05, 4.69) is 69.2 Å². The Labute approximate surface area is 405 Å². The van der Waals surface area contributed by atoms with Crippen LogP contribution in [0.4, 0.5) is 0 Å². The molecule has 60 heavy (non-hydrogen) atoms. The van der Waals surface area contributed by atoms with Crippen LogP contribution in [-0.4, -0.2) is 0 Å². The second-order valence-corrected chi connectivity index (χ2v) is 7.46. The second-order valence-electron chi connectivity index (χ2n) is 7.46. The minimum atomic E-state index is 0.833. The minimum absolute atomic E-state index is 0.833. The van der Waals surface area contributed by atoms with E-state index < -0.39 is 0 Å². The van der Waals surface area contributed by atoms with Crippen molar-refractivity contribution in [2.24, 2.45) is 35.5 Å². The lowest BCUT2D eigenvalue weighted by atomic mass is 9.78. The minimum Gasteiger partial charge on any atom is -0.0683 e. The van der Waals surface area contributed by atoms with Crippen LogP contribution >= 0.6 is 0 Å². The van der Waals surface area contributed by atoms with Crippen LogP contribution in [0.15, 0.2) is 0 Å². The molecule has 0 unspecified atom stereocenters. The van der Waals surface area contributed by atoms with Crippen LogP contribution in [0.3, 0.4) is 0 Å². The van der Waals surface area contributed by atoms with Crippen LogP contribution in [0.5, 0.6) is 0 Å². The van der Waals surface area contributed by atoms with E-state index in [1.165, 1.54) is 25.7 Å². The Morgan fingerprint density at radius 3 is 0.250 bits per heavy atom. The molecule has 0 aromatic carbocycles. The Morgan fingerprint density at radius 1 is 0.167 bits per heavy atom. The maximum absolute atomic E-state index is 2.32. The summed E-state index contributed by atoms with van der Waals surface area (Å²) < 4.78 is 0. The molecule has 0 aliphatic carbocycles. The van der Waals surface area contributed by atoms with Crippen LogP contribution in [0.2, 0.25) is 0 Å². The summed E-state index contributed by atoms with van der Waals surface area (Å²) >= 11 is 0. The third-order valence-electron chi connectivity index (χ3n) is 5.07. The van der Waals surface area contributed by atoms with Gasteiger partial charge in [0.2, 0.25) is 0 Å². The zero-order valence-electron chi connectivity index (χ0n) is 56.3. The van der Waals surface area contributed by atoms with Crippen molar-refractivity contribution in [1.82, 2.24) is 0 Å². The van der Waals surface area contributed by atoms with Crippen molar-refractivity contribution in [3.63, 3.8) is 0 Å². The molecule has 0 amide bonds. The molecule has 404 valence electrons. The molecule has 0 atom stereocenters. The Bertz CT molecular complexity index is 153. The third kappa shape index (κ3) is 327. The topological polar surface area (TPSA) is 0 Å². The highest BCUT2D eigenvalue weighted by Crippen LogP contribution is 2.27. The fourth-order valence-corrected chi connectivity index (χ4v) is 4.22. The van der Waals surface area contributed by atoms with Gasteiger partial charge in [0.05, 0.1) is 0 Å². The number of rotatable bonds is 8. The van der Waals surface area contributed by atoms with Gasteiger partial charge in [-0.3, -0.25) is 0 Å². The predicted octanol–water partition coefficient (Wildman–Crippen LogP) is 28.0. The first kappa shape index (κ1) is 145. The van der Waals surface area contributed by atoms with Gasteiger partial charge in [0.1, 0.15) is 0 Å². The first-order valence-corrected chi connectivity index (χ1v) is 29.3. The van der Waals surface area contributed by atoms with E-state index in [-0.39, 0.29) is 0 Å². The van der Waals surface area contributed by atoms with E-state index >= 15 is 0 Å². The monoisotopic (exact) mass is 885 g/mol. The van der Waals surface area contributed by atoms with E-state index in [9.17, 15) is 0 Å². The molecule has 0 aromatic heterocycles. The zero-order chi connectivity index (χ0) is 56.3. The van der Waals surface area contributed by atoms with Crippen LogP contribution in [0.1, 0.15) is 372 Å². The summed E-state index contributed by atoms with van der Waals surface area (Å²) in [6.07, 6.45) is 5.46. The molecule has 0 aromatic rings. The normalized spacial score (nSPS) is 6.00. The molecule has 0 bridgehead atoms. The lowest BCUT2D eigenvalue weighted by molar-refractivity contribution is 0.212. The largest absolute Gasteiger partial charge is 0.0683 e. The first-order valence-electron chi connectivity index (χ1n) is 29.3. The van der Waals surface area contributed by atoms with Crippen LogP contribution in [0.25, 0.3) is 0 Å². The molecule has 0 nitrogen and oxygen atoms in total. The molecule has 0 spiro atoms. The predicted molar refractivity (Wildman–Crippen MR) is 323 cm³/mol. The first-order chi connectivity index (χ1) is 29.3. The van der Waals surface area contributed by atoms with Gasteiger partial charge in [-0.2, -0.15) is 0 Å². The Hall–Kier alpha value is 0. The molecule has 0 rings (SSSR count). The second kappa shape index (κ2) is 410. The fourth-order valence-electron chi connectivity index (χ4n) is 4.22. The Morgan fingerprint density at radius 2 is 0.233 bits per heavy atom. The molecule has 0 heterocycles. The summed E-state index contributed by atoms with van der Waals surface area (Å²) in [6.45, 7) is 103. The summed E-state index contributed by atoms with van der Waals surface area (Å²) in [5, 5.41) is 0. The van der Waals surface area contributed by atoms with Crippen LogP contribution in [0, 0.1) is 35.5 Å². The average molecular weight is 886 g/mol. The molecule has 0 aliphatic rings. The molecular weight excluding hydrogens is 721 g/mol. The van der Waals surface area contributed by atoms with Crippen LogP contribution < -0.4 is 0 Å². The highest BCUT2D eigenvalue weighted by atomic mass is 14.3. The van der Waals surface area contributed by atoms with Crippen molar-refractivity contribution in [2.75, 3.05) is 0 Å². The number of hydrogen-bond acceptors (Lipinski definition) is 0. The van der Waals surface area contributed by atoms with Crippen molar-refractivity contribution in [1.29, 1.82) is 0 Å². The molecule has 0 N–H and O–H groups in total. The number of hydrogen-bond donors (Lipinski definition) is 0. The van der Waals surface area contributed by atoms with Gasteiger partial charge in [-0.15, -0.1) is 0 Å². The molecular formula is C60H164. The van der Waals surface area contributed by atoms with E-state index in [1.54, 1.807) is 0 Å². The van der Waals surface area contributed by atoms with E-state index in [1.807, 2.05) is 277 Å². The van der Waals surface area contributed by atoms with Crippen molar-refractivity contribution < 1.29 is 0 Å². The van der Waals surface area contributed by atoms with Crippen molar-refractivity contribution in [3.8, 4) is 0 Å². The van der Waals surface area contributed by atoms with Gasteiger partial charge in [-0.05, 0) is 35.5 Å². The Balaban J connectivity index is -0.0000000134. The van der Waals surface area contributed by atoms with Gasteiger partial charge in [0, 0.05) is 0 Å². The lowest BCUT2D eigenvalue weighted by Gasteiger charge is -2.28. The molecule has 0 saturated carbocycles. The van der Waals surface area contributed by atoms with E-state index in [0.717, 1.165) is 35.5 Å². The average Bonchev–Trinajstić information content (AvgIpc) is 3.40. The maximum atomic E-state index is 2.32. The standard InChI is InChI=1S/2C10H22.20C2H6/c1-7(2)10(8(3)4)9(5)6;1-5-9(6-2)10(7-3)8-4;20*1-2/h7-10H,1-6H3;9-10H,5-8H2,1-4H3;20*1-2H3. The summed E-state index contributed by atoms with van der Waals surface area (Å²) in [5.74, 6) is 5.35. The molecule has 0 saturated heterocycles. The molecule has 0 fully saturated rings. The van der Waals surface area contributed by atoms with Gasteiger partial charge < -0.3 is 0 Å². The van der Waals surface area contributed by atoms with E-state index in [4.69, 9.17) is 0 Å². The quantitative estimate of drug-likeness (QED) is 0.228. The van der Waals surface area contributed by atoms with Crippen LogP contribution in [-0.2, 0) is 0 Å². The molecule has 0 heteroatoms. The lowest BCUT2D eigenvalue weighted by Crippen LogP contribution is -2.21. The Kier molecular flexibility index (Phi) is 989. The van der Waals surface area contributed by atoms with Crippen molar-refractivity contribution in [3.05, 3.63) is 0 Å².